The number of benzene rings is 1. The van der Waals surface area contributed by atoms with Crippen LogP contribution in [0, 0.1) is 18.6 Å². The third kappa shape index (κ3) is 4.10. The van der Waals surface area contributed by atoms with E-state index in [1.54, 1.807) is 0 Å². The summed E-state index contributed by atoms with van der Waals surface area (Å²) in [4.78, 5) is 11.5. The maximum Gasteiger partial charge on any atom is 0.261 e. The molecule has 0 saturated heterocycles. The molecular formula is C12H12F4O2. The zero-order valence-electron chi connectivity index (χ0n) is 9.68. The molecule has 0 aromatic heterocycles. The minimum atomic E-state index is -2.62. The highest BCUT2D eigenvalue weighted by Crippen LogP contribution is 2.15. The fourth-order valence-electron chi connectivity index (χ4n) is 1.33. The Labute approximate surface area is 102 Å². The van der Waals surface area contributed by atoms with Gasteiger partial charge in [-0.15, -0.1) is 0 Å². The first-order valence-electron chi connectivity index (χ1n) is 5.26. The summed E-state index contributed by atoms with van der Waals surface area (Å²) in [6.45, 7) is 0.342. The molecule has 0 unspecified atom stereocenters. The van der Waals surface area contributed by atoms with Gasteiger partial charge in [0.25, 0.3) is 6.43 Å². The molecule has 0 saturated carbocycles. The minimum Gasteiger partial charge on any atom is -0.375 e. The van der Waals surface area contributed by atoms with Crippen LogP contribution in [0.3, 0.4) is 0 Å². The normalized spacial score (nSPS) is 11.0. The van der Waals surface area contributed by atoms with Gasteiger partial charge in [-0.05, 0) is 24.6 Å². The molecule has 6 heteroatoms. The van der Waals surface area contributed by atoms with Crippen LogP contribution >= 0.6 is 0 Å². The second-order valence-corrected chi connectivity index (χ2v) is 3.72. The van der Waals surface area contributed by atoms with E-state index in [1.165, 1.54) is 6.92 Å². The van der Waals surface area contributed by atoms with Crippen molar-refractivity contribution in [3.05, 3.63) is 34.9 Å². The largest absolute Gasteiger partial charge is 0.375 e. The zero-order chi connectivity index (χ0) is 13.7. The smallest absolute Gasteiger partial charge is 0.261 e. The second-order valence-electron chi connectivity index (χ2n) is 3.72. The fraction of sp³-hybridized carbons (Fsp3) is 0.417. The number of ether oxygens (including phenoxy) is 1. The summed E-state index contributed by atoms with van der Waals surface area (Å²) in [5, 5.41) is 0. The molecule has 2 nitrogen and oxygen atoms in total. The lowest BCUT2D eigenvalue weighted by Gasteiger charge is -2.05. The van der Waals surface area contributed by atoms with Crippen molar-refractivity contribution in [2.24, 2.45) is 0 Å². The van der Waals surface area contributed by atoms with E-state index >= 15 is 0 Å². The summed E-state index contributed by atoms with van der Waals surface area (Å²) < 4.78 is 54.5. The number of hydrogen-bond donors (Lipinski definition) is 0. The van der Waals surface area contributed by atoms with Crippen molar-refractivity contribution in [3.8, 4) is 0 Å². The molecular weight excluding hydrogens is 252 g/mol. The first kappa shape index (κ1) is 14.6. The first-order chi connectivity index (χ1) is 8.41. The molecule has 0 aliphatic carbocycles. The second kappa shape index (κ2) is 6.49. The van der Waals surface area contributed by atoms with E-state index in [4.69, 9.17) is 0 Å². The van der Waals surface area contributed by atoms with Crippen molar-refractivity contribution >= 4 is 5.78 Å². The number of halogens is 4. The highest BCUT2D eigenvalue weighted by Gasteiger charge is 2.14. The van der Waals surface area contributed by atoms with E-state index in [9.17, 15) is 22.4 Å². The average Bonchev–Trinajstić information content (AvgIpc) is 2.28. The Hall–Kier alpha value is -1.43. The van der Waals surface area contributed by atoms with Gasteiger partial charge in [-0.2, -0.15) is 0 Å². The summed E-state index contributed by atoms with van der Waals surface area (Å²) >= 11 is 0. The lowest BCUT2D eigenvalue weighted by atomic mass is 10.1. The molecule has 1 rings (SSSR count). The molecule has 0 fully saturated rings. The van der Waals surface area contributed by atoms with Gasteiger partial charge in [-0.3, -0.25) is 4.79 Å². The number of rotatable bonds is 6. The summed E-state index contributed by atoms with van der Waals surface area (Å²) in [5.74, 6) is -2.19. The number of Topliss-reactive ketones (excluding diaryl/α,β-unsaturated/α-hetero) is 1. The van der Waals surface area contributed by atoms with Crippen LogP contribution in [-0.2, 0) is 4.74 Å². The average molecular weight is 264 g/mol. The number of ketones is 1. The van der Waals surface area contributed by atoms with Crippen molar-refractivity contribution in [1.82, 2.24) is 0 Å². The maximum atomic E-state index is 13.4. The molecule has 1 aromatic rings. The minimum absolute atomic E-state index is 0.0954. The molecule has 0 aliphatic rings. The van der Waals surface area contributed by atoms with E-state index < -0.39 is 36.0 Å². The van der Waals surface area contributed by atoms with Crippen LogP contribution in [0.25, 0.3) is 0 Å². The van der Waals surface area contributed by atoms with Crippen LogP contribution in [0.5, 0.6) is 0 Å². The van der Waals surface area contributed by atoms with Crippen LogP contribution in [0.15, 0.2) is 12.1 Å². The quantitative estimate of drug-likeness (QED) is 0.448. The molecule has 0 amide bonds. The lowest BCUT2D eigenvalue weighted by molar-refractivity contribution is 0.0169. The van der Waals surface area contributed by atoms with Gasteiger partial charge in [0.2, 0.25) is 0 Å². The SMILES string of the molecule is Cc1cc(F)c(C(=O)CCOCC(F)F)cc1F. The number of hydrogen-bond acceptors (Lipinski definition) is 2. The van der Waals surface area contributed by atoms with Gasteiger partial charge in [0.15, 0.2) is 5.78 Å². The molecule has 0 radical (unpaired) electrons. The molecule has 0 N–H and O–H groups in total. The van der Waals surface area contributed by atoms with Crippen molar-refractivity contribution in [2.75, 3.05) is 13.2 Å². The molecule has 1 aromatic carbocycles. The van der Waals surface area contributed by atoms with E-state index in [1.807, 2.05) is 0 Å². The number of alkyl halides is 2. The number of carbonyl (C=O) groups excluding carboxylic acids is 1. The summed E-state index contributed by atoms with van der Waals surface area (Å²) in [6, 6.07) is 1.72. The third-order valence-electron chi connectivity index (χ3n) is 2.27. The molecule has 0 spiro atoms. The highest BCUT2D eigenvalue weighted by atomic mass is 19.3. The summed E-state index contributed by atoms with van der Waals surface area (Å²) in [5.41, 5.74) is -0.295. The summed E-state index contributed by atoms with van der Waals surface area (Å²) in [7, 11) is 0. The highest BCUT2D eigenvalue weighted by molar-refractivity contribution is 5.96. The topological polar surface area (TPSA) is 26.3 Å². The van der Waals surface area contributed by atoms with Gasteiger partial charge >= 0.3 is 0 Å². The van der Waals surface area contributed by atoms with Crippen molar-refractivity contribution in [1.29, 1.82) is 0 Å². The van der Waals surface area contributed by atoms with Gasteiger partial charge in [0.05, 0.1) is 12.2 Å². The Morgan fingerprint density at radius 3 is 2.56 bits per heavy atom. The zero-order valence-corrected chi connectivity index (χ0v) is 9.68. The lowest BCUT2D eigenvalue weighted by Crippen LogP contribution is -2.11. The summed E-state index contributed by atoms with van der Waals surface area (Å²) in [6.07, 6.45) is -2.89. The monoisotopic (exact) mass is 264 g/mol. The fourth-order valence-corrected chi connectivity index (χ4v) is 1.33. The van der Waals surface area contributed by atoms with Crippen LogP contribution in [0.4, 0.5) is 17.6 Å². The van der Waals surface area contributed by atoms with E-state index in [2.05, 4.69) is 4.74 Å². The Balaban J connectivity index is 2.59. The van der Waals surface area contributed by atoms with Crippen LogP contribution in [0.1, 0.15) is 22.3 Å². The van der Waals surface area contributed by atoms with Crippen LogP contribution in [0.2, 0.25) is 0 Å². The first-order valence-corrected chi connectivity index (χ1v) is 5.26. The van der Waals surface area contributed by atoms with E-state index in [0.29, 0.717) is 0 Å². The molecule has 18 heavy (non-hydrogen) atoms. The van der Waals surface area contributed by atoms with Gasteiger partial charge < -0.3 is 4.74 Å². The van der Waals surface area contributed by atoms with Crippen molar-refractivity contribution in [3.63, 3.8) is 0 Å². The van der Waals surface area contributed by atoms with Crippen molar-refractivity contribution < 1.29 is 27.1 Å². The Kier molecular flexibility index (Phi) is 5.27. The molecule has 100 valence electrons. The Morgan fingerprint density at radius 1 is 1.28 bits per heavy atom. The molecule has 0 aliphatic heterocycles. The Morgan fingerprint density at radius 2 is 1.94 bits per heavy atom. The number of carbonyl (C=O) groups is 1. The Bertz CT molecular complexity index is 432. The maximum absolute atomic E-state index is 13.4. The van der Waals surface area contributed by atoms with Gasteiger partial charge in [0, 0.05) is 6.42 Å². The molecule has 0 bridgehead atoms. The standard InChI is InChI=1S/C12H12F4O2/c1-7-4-10(14)8(5-9(7)13)11(17)2-3-18-6-12(15)16/h4-5,12H,2-3,6H2,1H3. The van der Waals surface area contributed by atoms with E-state index in [0.717, 1.165) is 12.1 Å². The predicted octanol–water partition coefficient (Wildman–Crippen LogP) is 3.13. The van der Waals surface area contributed by atoms with Gasteiger partial charge in [-0.25, -0.2) is 17.6 Å². The predicted molar refractivity (Wildman–Crippen MR) is 56.9 cm³/mol. The van der Waals surface area contributed by atoms with Crippen molar-refractivity contribution in [2.45, 2.75) is 19.8 Å². The van der Waals surface area contributed by atoms with Crippen LogP contribution in [-0.4, -0.2) is 25.4 Å². The number of aryl methyl sites for hydroxylation is 1. The van der Waals surface area contributed by atoms with Gasteiger partial charge in [-0.1, -0.05) is 0 Å². The molecule has 0 heterocycles. The molecule has 0 atom stereocenters. The third-order valence-corrected chi connectivity index (χ3v) is 2.27. The van der Waals surface area contributed by atoms with Gasteiger partial charge in [0.1, 0.15) is 18.2 Å². The van der Waals surface area contributed by atoms with Crippen LogP contribution < -0.4 is 0 Å². The van der Waals surface area contributed by atoms with E-state index in [-0.39, 0.29) is 18.6 Å².